The van der Waals surface area contributed by atoms with Gasteiger partial charge in [-0.25, -0.2) is 4.98 Å². The average Bonchev–Trinajstić information content (AvgIpc) is 2.75. The van der Waals surface area contributed by atoms with E-state index in [1.807, 2.05) is 91.0 Å². The summed E-state index contributed by atoms with van der Waals surface area (Å²) in [5.74, 6) is 0.0129. The molecule has 0 atom stereocenters. The molecule has 3 aromatic carbocycles. The van der Waals surface area contributed by atoms with Gasteiger partial charge in [-0.05, 0) is 5.56 Å². The summed E-state index contributed by atoms with van der Waals surface area (Å²) in [5.41, 5.74) is 4.11. The highest BCUT2D eigenvalue weighted by Crippen LogP contribution is 2.28. The first kappa shape index (κ1) is 17.5. The maximum absolute atomic E-state index is 12.4. The van der Waals surface area contributed by atoms with Crippen molar-refractivity contribution in [3.8, 4) is 22.5 Å². The van der Waals surface area contributed by atoms with Crippen LogP contribution >= 0.6 is 0 Å². The molecule has 5 heteroatoms. The number of hydrogen-bond donors (Lipinski definition) is 1. The summed E-state index contributed by atoms with van der Waals surface area (Å²) < 4.78 is 0. The first-order valence-corrected chi connectivity index (χ1v) is 8.99. The first-order valence-electron chi connectivity index (χ1n) is 8.99. The Hall–Kier alpha value is -3.86. The monoisotopic (exact) mass is 366 g/mol. The third-order valence-electron chi connectivity index (χ3n) is 4.24. The second-order valence-corrected chi connectivity index (χ2v) is 6.28. The summed E-state index contributed by atoms with van der Waals surface area (Å²) in [5, 5.41) is 11.2. The van der Waals surface area contributed by atoms with Gasteiger partial charge in [0.1, 0.15) is 11.4 Å². The molecule has 0 aliphatic carbocycles. The lowest BCUT2D eigenvalue weighted by Gasteiger charge is -2.10. The van der Waals surface area contributed by atoms with E-state index < -0.39 is 0 Å². The fourth-order valence-electron chi connectivity index (χ4n) is 2.92. The molecule has 0 spiro atoms. The molecule has 1 aromatic heterocycles. The van der Waals surface area contributed by atoms with Gasteiger partial charge in [-0.1, -0.05) is 91.0 Å². The van der Waals surface area contributed by atoms with E-state index in [1.165, 1.54) is 0 Å². The van der Waals surface area contributed by atoms with Gasteiger partial charge in [-0.2, -0.15) is 0 Å². The van der Waals surface area contributed by atoms with Gasteiger partial charge in [0, 0.05) is 11.1 Å². The van der Waals surface area contributed by atoms with Crippen LogP contribution in [0.2, 0.25) is 0 Å². The summed E-state index contributed by atoms with van der Waals surface area (Å²) in [6.45, 7) is 0. The molecule has 1 N–H and O–H groups in total. The molecule has 0 saturated heterocycles. The Morgan fingerprint density at radius 2 is 1.21 bits per heavy atom. The fourth-order valence-corrected chi connectivity index (χ4v) is 2.92. The molecule has 0 radical (unpaired) electrons. The summed E-state index contributed by atoms with van der Waals surface area (Å²) >= 11 is 0. The molecule has 28 heavy (non-hydrogen) atoms. The molecule has 0 aliphatic rings. The van der Waals surface area contributed by atoms with Crippen LogP contribution in [0.5, 0.6) is 0 Å². The fraction of sp³-hybridized carbons (Fsp3) is 0.0435. The number of hydrogen-bond acceptors (Lipinski definition) is 4. The highest BCUT2D eigenvalue weighted by Gasteiger charge is 2.14. The van der Waals surface area contributed by atoms with Crippen molar-refractivity contribution >= 4 is 11.9 Å². The van der Waals surface area contributed by atoms with Crippen LogP contribution in [-0.4, -0.2) is 21.1 Å². The van der Waals surface area contributed by atoms with Crippen molar-refractivity contribution in [2.75, 3.05) is 5.32 Å². The van der Waals surface area contributed by atoms with Gasteiger partial charge in [0.2, 0.25) is 11.9 Å². The van der Waals surface area contributed by atoms with Crippen LogP contribution in [0.15, 0.2) is 91.0 Å². The number of anilines is 1. The molecule has 1 heterocycles. The van der Waals surface area contributed by atoms with E-state index in [0.717, 1.165) is 16.7 Å². The predicted molar refractivity (Wildman–Crippen MR) is 109 cm³/mol. The van der Waals surface area contributed by atoms with Crippen molar-refractivity contribution in [1.82, 2.24) is 15.2 Å². The number of carbonyl (C=O) groups is 1. The van der Waals surface area contributed by atoms with Gasteiger partial charge in [0.25, 0.3) is 0 Å². The van der Waals surface area contributed by atoms with Crippen molar-refractivity contribution < 1.29 is 4.79 Å². The lowest BCUT2D eigenvalue weighted by atomic mass is 10.0. The number of nitrogens with zero attached hydrogens (tertiary/aromatic N) is 3. The zero-order valence-corrected chi connectivity index (χ0v) is 15.1. The number of benzene rings is 3. The maximum atomic E-state index is 12.4. The van der Waals surface area contributed by atoms with Crippen LogP contribution < -0.4 is 5.32 Å². The molecular formula is C23H18N4O. The largest absolute Gasteiger partial charge is 0.293 e. The number of nitrogens with one attached hydrogen (secondary N) is 1. The Bertz CT molecular complexity index is 1070. The van der Waals surface area contributed by atoms with Gasteiger partial charge in [0.05, 0.1) is 6.42 Å². The summed E-state index contributed by atoms with van der Waals surface area (Å²) in [6.07, 6.45) is 0.255. The van der Waals surface area contributed by atoms with Crippen molar-refractivity contribution in [3.05, 3.63) is 96.6 Å². The van der Waals surface area contributed by atoms with Gasteiger partial charge in [-0.3, -0.25) is 10.1 Å². The standard InChI is InChI=1S/C23H18N4O/c28-20(16-17-10-4-1-5-11-17)24-23-25-21(18-12-6-2-7-13-18)22(26-27-23)19-14-8-3-9-15-19/h1-15H,16H2,(H,24,25,27,28). The molecular weight excluding hydrogens is 348 g/mol. The molecule has 5 nitrogen and oxygen atoms in total. The highest BCUT2D eigenvalue weighted by molar-refractivity contribution is 5.91. The van der Waals surface area contributed by atoms with E-state index in [2.05, 4.69) is 20.5 Å². The molecule has 1 amide bonds. The molecule has 0 unspecified atom stereocenters. The van der Waals surface area contributed by atoms with Gasteiger partial charge in [0.15, 0.2) is 0 Å². The van der Waals surface area contributed by atoms with Gasteiger partial charge in [-0.15, -0.1) is 10.2 Å². The second-order valence-electron chi connectivity index (χ2n) is 6.28. The molecule has 0 fully saturated rings. The smallest absolute Gasteiger partial charge is 0.249 e. The normalized spacial score (nSPS) is 10.4. The second kappa shape index (κ2) is 8.22. The van der Waals surface area contributed by atoms with Crippen LogP contribution in [0.3, 0.4) is 0 Å². The van der Waals surface area contributed by atoms with E-state index in [4.69, 9.17) is 0 Å². The minimum Gasteiger partial charge on any atom is -0.293 e. The van der Waals surface area contributed by atoms with Crippen molar-refractivity contribution in [1.29, 1.82) is 0 Å². The molecule has 0 bridgehead atoms. The Balaban J connectivity index is 1.65. The topological polar surface area (TPSA) is 67.8 Å². The lowest BCUT2D eigenvalue weighted by molar-refractivity contribution is -0.115. The minimum atomic E-state index is -0.181. The Morgan fingerprint density at radius 3 is 1.82 bits per heavy atom. The first-order chi connectivity index (χ1) is 13.8. The molecule has 0 aliphatic heterocycles. The molecule has 136 valence electrons. The number of aromatic nitrogens is 3. The van der Waals surface area contributed by atoms with Crippen LogP contribution in [0.25, 0.3) is 22.5 Å². The van der Waals surface area contributed by atoms with Gasteiger partial charge < -0.3 is 0 Å². The summed E-state index contributed by atoms with van der Waals surface area (Å²) in [4.78, 5) is 17.0. The zero-order chi connectivity index (χ0) is 19.2. The van der Waals surface area contributed by atoms with E-state index in [9.17, 15) is 4.79 Å². The SMILES string of the molecule is O=C(Cc1ccccc1)Nc1nnc(-c2ccccc2)c(-c2ccccc2)n1. The Labute approximate surface area is 163 Å². The van der Waals surface area contributed by atoms with E-state index >= 15 is 0 Å². The average molecular weight is 366 g/mol. The van der Waals surface area contributed by atoms with E-state index in [1.54, 1.807) is 0 Å². The van der Waals surface area contributed by atoms with Crippen LogP contribution in [0.1, 0.15) is 5.56 Å². The summed E-state index contributed by atoms with van der Waals surface area (Å²) in [6, 6.07) is 29.1. The zero-order valence-electron chi connectivity index (χ0n) is 15.1. The lowest BCUT2D eigenvalue weighted by Crippen LogP contribution is -2.17. The number of amides is 1. The molecule has 0 saturated carbocycles. The van der Waals surface area contributed by atoms with E-state index in [-0.39, 0.29) is 18.3 Å². The molecule has 4 rings (SSSR count). The highest BCUT2D eigenvalue weighted by atomic mass is 16.1. The van der Waals surface area contributed by atoms with Crippen molar-refractivity contribution in [2.45, 2.75) is 6.42 Å². The Kier molecular flexibility index (Phi) is 5.15. The number of carbonyl (C=O) groups excluding carboxylic acids is 1. The van der Waals surface area contributed by atoms with Gasteiger partial charge >= 0.3 is 0 Å². The predicted octanol–water partition coefficient (Wildman–Crippen LogP) is 4.39. The maximum Gasteiger partial charge on any atom is 0.249 e. The van der Waals surface area contributed by atoms with Crippen molar-refractivity contribution in [3.63, 3.8) is 0 Å². The van der Waals surface area contributed by atoms with Crippen molar-refractivity contribution in [2.24, 2.45) is 0 Å². The Morgan fingerprint density at radius 1 is 0.679 bits per heavy atom. The van der Waals surface area contributed by atoms with Crippen LogP contribution in [-0.2, 0) is 11.2 Å². The third kappa shape index (κ3) is 4.10. The van der Waals surface area contributed by atoms with Crippen LogP contribution in [0.4, 0.5) is 5.95 Å². The third-order valence-corrected chi connectivity index (χ3v) is 4.24. The van der Waals surface area contributed by atoms with E-state index in [0.29, 0.717) is 11.4 Å². The quantitative estimate of drug-likeness (QED) is 0.569. The summed E-state index contributed by atoms with van der Waals surface area (Å²) in [7, 11) is 0. The number of rotatable bonds is 5. The minimum absolute atomic E-state index is 0.181. The molecule has 4 aromatic rings. The van der Waals surface area contributed by atoms with Crippen LogP contribution in [0, 0.1) is 0 Å².